The van der Waals surface area contributed by atoms with Crippen molar-refractivity contribution in [3.63, 3.8) is 0 Å². The molecule has 2 aliphatic rings. The summed E-state index contributed by atoms with van der Waals surface area (Å²) in [5.74, 6) is 1.56. The number of rotatable bonds is 5. The van der Waals surface area contributed by atoms with Crippen molar-refractivity contribution in [2.24, 2.45) is 11.8 Å². The van der Waals surface area contributed by atoms with Crippen LogP contribution in [0.25, 0.3) is 11.1 Å². The molecule has 4 rings (SSSR count). The summed E-state index contributed by atoms with van der Waals surface area (Å²) in [4.78, 5) is 14.5. The zero-order chi connectivity index (χ0) is 17.8. The van der Waals surface area contributed by atoms with Gasteiger partial charge in [0.15, 0.2) is 0 Å². The molecular formula is C24H29NO. The second kappa shape index (κ2) is 8.07. The average molecular weight is 348 g/mol. The van der Waals surface area contributed by atoms with Crippen LogP contribution in [-0.2, 0) is 11.2 Å². The van der Waals surface area contributed by atoms with Crippen molar-refractivity contribution < 1.29 is 4.79 Å². The van der Waals surface area contributed by atoms with Crippen molar-refractivity contribution in [2.75, 3.05) is 13.1 Å². The van der Waals surface area contributed by atoms with Gasteiger partial charge in [-0.25, -0.2) is 0 Å². The van der Waals surface area contributed by atoms with Crippen molar-refractivity contribution in [3.8, 4) is 11.1 Å². The monoisotopic (exact) mass is 347 g/mol. The van der Waals surface area contributed by atoms with Crippen molar-refractivity contribution in [1.82, 2.24) is 4.90 Å². The Bertz CT molecular complexity index is 710. The van der Waals surface area contributed by atoms with Gasteiger partial charge in [-0.15, -0.1) is 0 Å². The van der Waals surface area contributed by atoms with Gasteiger partial charge in [-0.05, 0) is 61.1 Å². The molecule has 26 heavy (non-hydrogen) atoms. The van der Waals surface area contributed by atoms with E-state index in [2.05, 4.69) is 59.5 Å². The number of piperidine rings is 1. The molecule has 0 aromatic heterocycles. The highest BCUT2D eigenvalue weighted by Crippen LogP contribution is 2.31. The predicted molar refractivity (Wildman–Crippen MR) is 107 cm³/mol. The van der Waals surface area contributed by atoms with Crippen LogP contribution >= 0.6 is 0 Å². The Balaban J connectivity index is 1.24. The van der Waals surface area contributed by atoms with Gasteiger partial charge in [0.2, 0.25) is 5.91 Å². The topological polar surface area (TPSA) is 20.3 Å². The molecule has 2 nitrogen and oxygen atoms in total. The molecule has 0 N–H and O–H groups in total. The lowest BCUT2D eigenvalue weighted by atomic mass is 9.83. The largest absolute Gasteiger partial charge is 0.342 e. The first-order chi connectivity index (χ1) is 12.8. The number of benzene rings is 2. The van der Waals surface area contributed by atoms with E-state index in [1.165, 1.54) is 42.4 Å². The second-order valence-corrected chi connectivity index (χ2v) is 8.00. The second-order valence-electron chi connectivity index (χ2n) is 8.00. The lowest BCUT2D eigenvalue weighted by Gasteiger charge is -2.36. The van der Waals surface area contributed by atoms with Gasteiger partial charge in [0.1, 0.15) is 0 Å². The number of hydrogen-bond donors (Lipinski definition) is 0. The molecule has 1 saturated carbocycles. The lowest BCUT2D eigenvalue weighted by Crippen LogP contribution is -2.43. The van der Waals surface area contributed by atoms with Crippen LogP contribution in [0.5, 0.6) is 0 Å². The summed E-state index contributed by atoms with van der Waals surface area (Å²) in [6.07, 6.45) is 8.25. The van der Waals surface area contributed by atoms with Crippen LogP contribution in [0.15, 0.2) is 54.6 Å². The molecule has 0 bridgehead atoms. The van der Waals surface area contributed by atoms with Gasteiger partial charge in [0.05, 0.1) is 0 Å². The van der Waals surface area contributed by atoms with Crippen molar-refractivity contribution in [2.45, 2.75) is 44.9 Å². The molecule has 1 heterocycles. The average Bonchev–Trinajstić information content (AvgIpc) is 2.66. The maximum atomic E-state index is 12.3. The summed E-state index contributed by atoms with van der Waals surface area (Å²) in [5.41, 5.74) is 4.00. The highest BCUT2D eigenvalue weighted by atomic mass is 16.2. The molecule has 1 aliphatic heterocycles. The summed E-state index contributed by atoms with van der Waals surface area (Å²) < 4.78 is 0. The van der Waals surface area contributed by atoms with Crippen LogP contribution in [0, 0.1) is 11.8 Å². The summed E-state index contributed by atoms with van der Waals surface area (Å²) in [6.45, 7) is 1.96. The summed E-state index contributed by atoms with van der Waals surface area (Å²) >= 11 is 0. The molecule has 2 aromatic carbocycles. The Morgan fingerprint density at radius 1 is 0.846 bits per heavy atom. The first-order valence-corrected chi connectivity index (χ1v) is 10.2. The minimum Gasteiger partial charge on any atom is -0.342 e. The van der Waals surface area contributed by atoms with Crippen molar-refractivity contribution >= 4 is 5.91 Å². The van der Waals surface area contributed by atoms with Gasteiger partial charge in [0.25, 0.3) is 0 Å². The molecule has 1 aliphatic carbocycles. The van der Waals surface area contributed by atoms with E-state index in [0.717, 1.165) is 38.3 Å². The first kappa shape index (κ1) is 17.3. The molecule has 1 saturated heterocycles. The fourth-order valence-corrected chi connectivity index (χ4v) is 4.22. The van der Waals surface area contributed by atoms with E-state index in [1.54, 1.807) is 0 Å². The van der Waals surface area contributed by atoms with E-state index in [-0.39, 0.29) is 0 Å². The minimum absolute atomic E-state index is 0.356. The number of carbonyl (C=O) groups excluding carboxylic acids is 1. The van der Waals surface area contributed by atoms with Crippen molar-refractivity contribution in [1.29, 1.82) is 0 Å². The van der Waals surface area contributed by atoms with Gasteiger partial charge in [-0.1, -0.05) is 61.0 Å². The van der Waals surface area contributed by atoms with E-state index in [9.17, 15) is 4.79 Å². The van der Waals surface area contributed by atoms with E-state index >= 15 is 0 Å². The van der Waals surface area contributed by atoms with E-state index < -0.39 is 0 Å². The fraction of sp³-hybridized carbons (Fsp3) is 0.458. The normalized spacial score (nSPS) is 18.5. The first-order valence-electron chi connectivity index (χ1n) is 10.2. The zero-order valence-corrected chi connectivity index (χ0v) is 15.6. The van der Waals surface area contributed by atoms with Gasteiger partial charge >= 0.3 is 0 Å². The smallest absolute Gasteiger partial charge is 0.225 e. The Morgan fingerprint density at radius 2 is 1.50 bits per heavy atom. The van der Waals surface area contributed by atoms with E-state index in [1.807, 2.05) is 0 Å². The maximum absolute atomic E-state index is 12.3. The number of likely N-dealkylation sites (tertiary alicyclic amines) is 1. The standard InChI is InChI=1S/C24H29NO/c26-24(23-7-4-8-23)25-17-15-20(16-18-25)10-9-19-11-13-22(14-12-19)21-5-2-1-3-6-21/h1-3,5-6,11-14,20,23H,4,7-10,15-18H2. The summed E-state index contributed by atoms with van der Waals surface area (Å²) in [7, 11) is 0. The van der Waals surface area contributed by atoms with E-state index in [4.69, 9.17) is 0 Å². The zero-order valence-electron chi connectivity index (χ0n) is 15.6. The molecule has 0 spiro atoms. The van der Waals surface area contributed by atoms with Crippen LogP contribution in [0.3, 0.4) is 0 Å². The highest BCUT2D eigenvalue weighted by molar-refractivity contribution is 5.79. The predicted octanol–water partition coefficient (Wildman–Crippen LogP) is 5.32. The molecule has 1 amide bonds. The van der Waals surface area contributed by atoms with Crippen LogP contribution < -0.4 is 0 Å². The molecule has 2 fully saturated rings. The highest BCUT2D eigenvalue weighted by Gasteiger charge is 2.31. The van der Waals surface area contributed by atoms with Gasteiger partial charge < -0.3 is 4.90 Å². The maximum Gasteiger partial charge on any atom is 0.225 e. The third-order valence-corrected chi connectivity index (χ3v) is 6.28. The minimum atomic E-state index is 0.356. The van der Waals surface area contributed by atoms with Crippen LogP contribution in [-0.4, -0.2) is 23.9 Å². The molecular weight excluding hydrogens is 318 g/mol. The van der Waals surface area contributed by atoms with Crippen LogP contribution in [0.4, 0.5) is 0 Å². The number of carbonyl (C=O) groups is 1. The molecule has 136 valence electrons. The van der Waals surface area contributed by atoms with Gasteiger partial charge in [-0.2, -0.15) is 0 Å². The lowest BCUT2D eigenvalue weighted by molar-refractivity contribution is -0.139. The molecule has 2 aromatic rings. The van der Waals surface area contributed by atoms with Crippen LogP contribution in [0.1, 0.15) is 44.1 Å². The van der Waals surface area contributed by atoms with Crippen LogP contribution in [0.2, 0.25) is 0 Å². The number of hydrogen-bond acceptors (Lipinski definition) is 1. The quantitative estimate of drug-likeness (QED) is 0.716. The van der Waals surface area contributed by atoms with E-state index in [0.29, 0.717) is 11.8 Å². The SMILES string of the molecule is O=C(C1CCC1)N1CCC(CCc2ccc(-c3ccccc3)cc2)CC1. The molecule has 0 radical (unpaired) electrons. The number of amides is 1. The third-order valence-electron chi connectivity index (χ3n) is 6.28. The van der Waals surface area contributed by atoms with Gasteiger partial charge in [0, 0.05) is 19.0 Å². The number of nitrogens with zero attached hydrogens (tertiary/aromatic N) is 1. The Labute approximate surface area is 157 Å². The van der Waals surface area contributed by atoms with Crippen molar-refractivity contribution in [3.05, 3.63) is 60.2 Å². The summed E-state index contributed by atoms with van der Waals surface area (Å²) in [6, 6.07) is 19.6. The Kier molecular flexibility index (Phi) is 5.38. The molecule has 2 heteroatoms. The molecule has 0 unspecified atom stereocenters. The Morgan fingerprint density at radius 3 is 2.12 bits per heavy atom. The third kappa shape index (κ3) is 4.00. The fourth-order valence-electron chi connectivity index (χ4n) is 4.22. The Hall–Kier alpha value is -2.09. The number of aryl methyl sites for hydroxylation is 1. The molecule has 0 atom stereocenters. The summed E-state index contributed by atoms with van der Waals surface area (Å²) in [5, 5.41) is 0. The van der Waals surface area contributed by atoms with Gasteiger partial charge in [-0.3, -0.25) is 4.79 Å².